The summed E-state index contributed by atoms with van der Waals surface area (Å²) in [6.07, 6.45) is 7.00. The van der Waals surface area contributed by atoms with Gasteiger partial charge in [0.05, 0.1) is 22.3 Å². The zero-order valence-corrected chi connectivity index (χ0v) is 19.5. The summed E-state index contributed by atoms with van der Waals surface area (Å²) in [7, 11) is 0. The molecule has 4 aromatic rings. The van der Waals surface area contributed by atoms with E-state index in [1.54, 1.807) is 12.3 Å². The lowest BCUT2D eigenvalue weighted by Gasteiger charge is -2.29. The number of ketones is 1. The quantitative estimate of drug-likeness (QED) is 0.335. The second-order valence-electron chi connectivity index (χ2n) is 8.41. The van der Waals surface area contributed by atoms with E-state index in [0.29, 0.717) is 22.3 Å². The summed E-state index contributed by atoms with van der Waals surface area (Å²) in [5.41, 5.74) is 4.90. The minimum absolute atomic E-state index is 0.0552. The number of rotatable bonds is 7. The molecule has 172 valence electrons. The highest BCUT2D eigenvalue weighted by atomic mass is 35.5. The number of nitrogens with one attached hydrogen (secondary N) is 2. The molecule has 8 heteroatoms. The Morgan fingerprint density at radius 2 is 2.00 bits per heavy atom. The van der Waals surface area contributed by atoms with Crippen molar-refractivity contribution >= 4 is 45.7 Å². The molecular formula is C26H25ClN6O. The third-order valence-corrected chi connectivity index (χ3v) is 6.35. The molecule has 0 radical (unpaired) electrons. The molecule has 0 aliphatic carbocycles. The molecule has 2 N–H and O–H groups in total. The highest BCUT2D eigenvalue weighted by Gasteiger charge is 2.16. The molecule has 0 unspecified atom stereocenters. The molecule has 2 aromatic carbocycles. The van der Waals surface area contributed by atoms with Crippen molar-refractivity contribution in [2.24, 2.45) is 0 Å². The number of anilines is 3. The second kappa shape index (κ2) is 9.65. The number of fused-ring (bicyclic) bond motifs is 1. The van der Waals surface area contributed by atoms with Crippen LogP contribution in [0.1, 0.15) is 24.8 Å². The van der Waals surface area contributed by atoms with E-state index in [9.17, 15) is 4.79 Å². The highest BCUT2D eigenvalue weighted by molar-refractivity contribution is 6.33. The number of nitrogens with zero attached hydrogens (tertiary/aromatic N) is 4. The molecule has 34 heavy (non-hydrogen) atoms. The van der Waals surface area contributed by atoms with Crippen LogP contribution in [-0.2, 0) is 11.2 Å². The maximum atomic E-state index is 11.9. The molecule has 0 saturated carbocycles. The predicted molar refractivity (Wildman–Crippen MR) is 137 cm³/mol. The minimum atomic E-state index is -0.0552. The van der Waals surface area contributed by atoms with E-state index in [1.165, 1.54) is 31.0 Å². The number of piperidine rings is 1. The molecule has 5 rings (SSSR count). The standard InChI is InChI=1S/C26H25ClN6O/c1-2-20(34)13-17-9-10-23(27)21(14-17)24-22-16-28-32-25(22)31-26(30-24)29-18-7-6-8-19(15-18)33-11-4-3-5-12-33/h2,6-10,14-16H,1,3-5,11-13H2,(H2,28,29,30,31,32). The van der Waals surface area contributed by atoms with Crippen LogP contribution in [0.25, 0.3) is 22.3 Å². The van der Waals surface area contributed by atoms with Crippen LogP contribution in [0.4, 0.5) is 17.3 Å². The summed E-state index contributed by atoms with van der Waals surface area (Å²) in [5.74, 6) is 0.381. The van der Waals surface area contributed by atoms with Gasteiger partial charge < -0.3 is 10.2 Å². The zero-order chi connectivity index (χ0) is 23.5. The molecule has 7 nitrogen and oxygen atoms in total. The Kier molecular flexibility index (Phi) is 6.27. The average Bonchev–Trinajstić information content (AvgIpc) is 3.34. The summed E-state index contributed by atoms with van der Waals surface area (Å²) in [6, 6.07) is 13.8. The first-order chi connectivity index (χ1) is 16.6. The van der Waals surface area contributed by atoms with Crippen molar-refractivity contribution < 1.29 is 4.79 Å². The van der Waals surface area contributed by atoms with Crippen molar-refractivity contribution in [1.82, 2.24) is 20.2 Å². The van der Waals surface area contributed by atoms with Gasteiger partial charge in [-0.2, -0.15) is 10.1 Å². The van der Waals surface area contributed by atoms with Crippen molar-refractivity contribution in [3.05, 3.63) is 71.9 Å². The Labute approximate surface area is 202 Å². The van der Waals surface area contributed by atoms with Gasteiger partial charge in [-0.05, 0) is 61.2 Å². The minimum Gasteiger partial charge on any atom is -0.371 e. The molecule has 2 aromatic heterocycles. The van der Waals surface area contributed by atoms with Crippen molar-refractivity contribution in [3.63, 3.8) is 0 Å². The highest BCUT2D eigenvalue weighted by Crippen LogP contribution is 2.33. The number of halogens is 1. The molecular weight excluding hydrogens is 448 g/mol. The van der Waals surface area contributed by atoms with E-state index in [4.69, 9.17) is 16.6 Å². The van der Waals surface area contributed by atoms with Crippen LogP contribution in [0, 0.1) is 0 Å². The number of hydrogen-bond donors (Lipinski definition) is 2. The van der Waals surface area contributed by atoms with Crippen molar-refractivity contribution in [2.75, 3.05) is 23.3 Å². The summed E-state index contributed by atoms with van der Waals surface area (Å²) < 4.78 is 0. The molecule has 0 amide bonds. The lowest BCUT2D eigenvalue weighted by Crippen LogP contribution is -2.29. The summed E-state index contributed by atoms with van der Waals surface area (Å²) in [4.78, 5) is 23.7. The number of carbonyl (C=O) groups excluding carboxylic acids is 1. The van der Waals surface area contributed by atoms with Gasteiger partial charge in [-0.25, -0.2) is 4.98 Å². The maximum Gasteiger partial charge on any atom is 0.229 e. The fourth-order valence-corrected chi connectivity index (χ4v) is 4.50. The molecule has 0 bridgehead atoms. The number of aromatic amines is 1. The Morgan fingerprint density at radius 3 is 2.82 bits per heavy atom. The van der Waals surface area contributed by atoms with Crippen LogP contribution in [0.5, 0.6) is 0 Å². The largest absolute Gasteiger partial charge is 0.371 e. The molecule has 0 atom stereocenters. The van der Waals surface area contributed by atoms with Crippen LogP contribution in [0.3, 0.4) is 0 Å². The molecule has 1 saturated heterocycles. The summed E-state index contributed by atoms with van der Waals surface area (Å²) in [5, 5.41) is 11.7. The van der Waals surface area contributed by atoms with Crippen molar-refractivity contribution in [3.8, 4) is 11.3 Å². The van der Waals surface area contributed by atoms with E-state index in [-0.39, 0.29) is 12.2 Å². The third-order valence-electron chi connectivity index (χ3n) is 6.03. The smallest absolute Gasteiger partial charge is 0.229 e. The second-order valence-corrected chi connectivity index (χ2v) is 8.82. The van der Waals surface area contributed by atoms with Crippen LogP contribution in [-0.4, -0.2) is 39.0 Å². The van der Waals surface area contributed by atoms with Gasteiger partial charge in [0, 0.05) is 36.4 Å². The first-order valence-corrected chi connectivity index (χ1v) is 11.8. The van der Waals surface area contributed by atoms with E-state index in [2.05, 4.69) is 44.1 Å². The van der Waals surface area contributed by atoms with Gasteiger partial charge in [0.15, 0.2) is 11.4 Å². The van der Waals surface area contributed by atoms with E-state index in [1.807, 2.05) is 24.3 Å². The van der Waals surface area contributed by atoms with Crippen molar-refractivity contribution in [2.45, 2.75) is 25.7 Å². The third kappa shape index (κ3) is 4.65. The van der Waals surface area contributed by atoms with Gasteiger partial charge in [-0.1, -0.05) is 30.3 Å². The monoisotopic (exact) mass is 472 g/mol. The van der Waals surface area contributed by atoms with Crippen LogP contribution < -0.4 is 10.2 Å². The molecule has 1 aliphatic rings. The Hall–Kier alpha value is -3.71. The van der Waals surface area contributed by atoms with Crippen LogP contribution in [0.2, 0.25) is 5.02 Å². The van der Waals surface area contributed by atoms with E-state index < -0.39 is 0 Å². The Balaban J connectivity index is 1.50. The number of hydrogen-bond acceptors (Lipinski definition) is 6. The SMILES string of the molecule is C=CC(=O)Cc1ccc(Cl)c(-c2nc(Nc3cccc(N4CCCCC4)c3)nc3[nH]ncc23)c1. The lowest BCUT2D eigenvalue weighted by atomic mass is 10.0. The maximum absolute atomic E-state index is 11.9. The topological polar surface area (TPSA) is 86.8 Å². The predicted octanol–water partition coefficient (Wildman–Crippen LogP) is 5.70. The first-order valence-electron chi connectivity index (χ1n) is 11.4. The average molecular weight is 473 g/mol. The first kappa shape index (κ1) is 22.1. The molecule has 1 aliphatic heterocycles. The fourth-order valence-electron chi connectivity index (χ4n) is 4.29. The van der Waals surface area contributed by atoms with Gasteiger partial charge in [0.2, 0.25) is 5.95 Å². The summed E-state index contributed by atoms with van der Waals surface area (Å²) >= 11 is 6.57. The lowest BCUT2D eigenvalue weighted by molar-refractivity contribution is -0.114. The van der Waals surface area contributed by atoms with Crippen LogP contribution in [0.15, 0.2) is 61.3 Å². The van der Waals surface area contributed by atoms with Gasteiger partial charge in [-0.3, -0.25) is 9.89 Å². The Bertz CT molecular complexity index is 1360. The van der Waals surface area contributed by atoms with Gasteiger partial charge in [0.25, 0.3) is 0 Å². The number of benzene rings is 2. The van der Waals surface area contributed by atoms with Gasteiger partial charge in [-0.15, -0.1) is 0 Å². The fraction of sp³-hybridized carbons (Fsp3) is 0.231. The molecule has 3 heterocycles. The van der Waals surface area contributed by atoms with Crippen LogP contribution >= 0.6 is 11.6 Å². The number of aromatic nitrogens is 4. The van der Waals surface area contributed by atoms with Gasteiger partial charge in [0.1, 0.15) is 0 Å². The zero-order valence-electron chi connectivity index (χ0n) is 18.7. The molecule has 0 spiro atoms. The number of allylic oxidation sites excluding steroid dienone is 1. The normalized spacial score (nSPS) is 13.7. The molecule has 1 fully saturated rings. The summed E-state index contributed by atoms with van der Waals surface area (Å²) in [6.45, 7) is 5.71. The van der Waals surface area contributed by atoms with E-state index in [0.717, 1.165) is 35.3 Å². The van der Waals surface area contributed by atoms with Gasteiger partial charge >= 0.3 is 0 Å². The van der Waals surface area contributed by atoms with Crippen molar-refractivity contribution in [1.29, 1.82) is 0 Å². The number of H-pyrrole nitrogens is 1. The van der Waals surface area contributed by atoms with E-state index >= 15 is 0 Å². The number of carbonyl (C=O) groups is 1. The Morgan fingerprint density at radius 1 is 1.15 bits per heavy atom.